The molecule has 3 unspecified atom stereocenters. The first-order valence-corrected chi connectivity index (χ1v) is 7.09. The maximum Gasteiger partial charge on any atom is 0.226 e. The minimum absolute atomic E-state index is 0.0150. The monoisotopic (exact) mass is 261 g/mol. The predicted molar refractivity (Wildman–Crippen MR) is 70.3 cm³/mol. The molecule has 0 spiro atoms. The molecule has 100 valence electrons. The molecule has 0 aromatic heterocycles. The molecule has 0 aromatic rings. The van der Waals surface area contributed by atoms with Crippen molar-refractivity contribution in [1.82, 2.24) is 5.32 Å². The fourth-order valence-corrected chi connectivity index (χ4v) is 2.69. The first-order valence-electron chi connectivity index (χ1n) is 6.56. The number of hydrogen-bond donors (Lipinski definition) is 1. The summed E-state index contributed by atoms with van der Waals surface area (Å²) >= 11 is 5.79. The fourth-order valence-electron chi connectivity index (χ4n) is 2.28. The lowest BCUT2D eigenvalue weighted by molar-refractivity contribution is -0.128. The largest absolute Gasteiger partial charge is 0.377 e. The smallest absolute Gasteiger partial charge is 0.226 e. The minimum Gasteiger partial charge on any atom is -0.377 e. The summed E-state index contributed by atoms with van der Waals surface area (Å²) in [6.45, 7) is 6.91. The Bertz CT molecular complexity index is 260. The Morgan fingerprint density at radius 3 is 2.76 bits per heavy atom. The van der Waals surface area contributed by atoms with Crippen LogP contribution < -0.4 is 5.32 Å². The second kappa shape index (κ2) is 6.60. The lowest BCUT2D eigenvalue weighted by atomic mass is 9.92. The van der Waals surface area contributed by atoms with Gasteiger partial charge in [-0.05, 0) is 32.6 Å². The molecule has 1 aliphatic heterocycles. The average molecular weight is 262 g/mol. The van der Waals surface area contributed by atoms with Crippen molar-refractivity contribution in [3.8, 4) is 0 Å². The third kappa shape index (κ3) is 3.85. The number of carbonyl (C=O) groups excluding carboxylic acids is 1. The first kappa shape index (κ1) is 14.8. The Labute approximate surface area is 109 Å². The fraction of sp³-hybridized carbons (Fsp3) is 0.923. The van der Waals surface area contributed by atoms with Gasteiger partial charge in [-0.1, -0.05) is 13.8 Å². The van der Waals surface area contributed by atoms with Gasteiger partial charge in [0.25, 0.3) is 0 Å². The van der Waals surface area contributed by atoms with Gasteiger partial charge in [-0.2, -0.15) is 0 Å². The Morgan fingerprint density at radius 1 is 1.53 bits per heavy atom. The van der Waals surface area contributed by atoms with Gasteiger partial charge in [0.15, 0.2) is 0 Å². The van der Waals surface area contributed by atoms with Crippen LogP contribution in [0.4, 0.5) is 0 Å². The molecule has 1 N–H and O–H groups in total. The summed E-state index contributed by atoms with van der Waals surface area (Å²) in [5.74, 6) is 0.716. The zero-order chi connectivity index (χ0) is 12.9. The summed E-state index contributed by atoms with van der Waals surface area (Å²) in [6, 6.07) is 0. The lowest BCUT2D eigenvalue weighted by Gasteiger charge is -2.31. The van der Waals surface area contributed by atoms with Gasteiger partial charge >= 0.3 is 0 Å². The molecule has 0 radical (unpaired) electrons. The molecule has 1 heterocycles. The summed E-state index contributed by atoms with van der Waals surface area (Å²) in [4.78, 5) is 12.2. The van der Waals surface area contributed by atoms with Crippen molar-refractivity contribution in [2.75, 3.05) is 12.5 Å². The van der Waals surface area contributed by atoms with E-state index in [0.717, 1.165) is 25.7 Å². The maximum absolute atomic E-state index is 12.2. The molecule has 0 aromatic carbocycles. The topological polar surface area (TPSA) is 38.3 Å². The van der Waals surface area contributed by atoms with Gasteiger partial charge in [0.2, 0.25) is 5.91 Å². The van der Waals surface area contributed by atoms with Crippen LogP contribution in [-0.4, -0.2) is 30.0 Å². The highest BCUT2D eigenvalue weighted by molar-refractivity contribution is 6.17. The van der Waals surface area contributed by atoms with E-state index in [4.69, 9.17) is 16.3 Å². The molecular weight excluding hydrogens is 238 g/mol. The van der Waals surface area contributed by atoms with Crippen LogP contribution in [0.2, 0.25) is 0 Å². The first-order chi connectivity index (χ1) is 8.06. The highest BCUT2D eigenvalue weighted by Crippen LogP contribution is 2.25. The third-order valence-electron chi connectivity index (χ3n) is 3.80. The third-order valence-corrected chi connectivity index (χ3v) is 3.99. The molecule has 0 bridgehead atoms. The van der Waals surface area contributed by atoms with Gasteiger partial charge < -0.3 is 10.1 Å². The second-order valence-corrected chi connectivity index (χ2v) is 5.43. The Morgan fingerprint density at radius 2 is 2.24 bits per heavy atom. The number of alkyl halides is 1. The number of rotatable bonds is 6. The zero-order valence-electron chi connectivity index (χ0n) is 11.1. The van der Waals surface area contributed by atoms with Crippen molar-refractivity contribution in [1.29, 1.82) is 0 Å². The summed E-state index contributed by atoms with van der Waals surface area (Å²) in [5, 5.41) is 3.15. The van der Waals surface area contributed by atoms with Crippen molar-refractivity contribution < 1.29 is 9.53 Å². The van der Waals surface area contributed by atoms with Crippen LogP contribution in [0.15, 0.2) is 0 Å². The molecule has 1 fully saturated rings. The van der Waals surface area contributed by atoms with Gasteiger partial charge in [-0.3, -0.25) is 4.79 Å². The molecule has 1 rings (SSSR count). The minimum atomic E-state index is -0.181. The van der Waals surface area contributed by atoms with Gasteiger partial charge in [0.05, 0.1) is 12.0 Å². The van der Waals surface area contributed by atoms with E-state index in [2.05, 4.69) is 26.1 Å². The maximum atomic E-state index is 12.2. The van der Waals surface area contributed by atoms with E-state index in [1.165, 1.54) is 0 Å². The van der Waals surface area contributed by atoms with E-state index in [1.807, 2.05) is 0 Å². The van der Waals surface area contributed by atoms with Gasteiger partial charge in [0.1, 0.15) is 0 Å². The molecule has 3 nitrogen and oxygen atoms in total. The molecule has 3 atom stereocenters. The molecule has 1 amide bonds. The van der Waals surface area contributed by atoms with Crippen LogP contribution in [-0.2, 0) is 9.53 Å². The van der Waals surface area contributed by atoms with Crippen molar-refractivity contribution >= 4 is 17.5 Å². The van der Waals surface area contributed by atoms with Crippen molar-refractivity contribution in [2.24, 2.45) is 5.92 Å². The van der Waals surface area contributed by atoms with E-state index in [0.29, 0.717) is 12.5 Å². The lowest BCUT2D eigenvalue weighted by Crippen LogP contribution is -2.49. The number of amides is 1. The van der Waals surface area contributed by atoms with Crippen LogP contribution in [0.25, 0.3) is 0 Å². The average Bonchev–Trinajstić information content (AvgIpc) is 2.77. The summed E-state index contributed by atoms with van der Waals surface area (Å²) in [6.07, 6.45) is 3.53. The standard InChI is InChI=1S/C13H24ClNO2/c1-4-11-10(6-9-17-11)12(16)15-13(3,5-2)7-8-14/h10-11H,4-9H2,1-3H3,(H,15,16). The molecular formula is C13H24ClNO2. The van der Waals surface area contributed by atoms with Crippen molar-refractivity contribution in [3.05, 3.63) is 0 Å². The Balaban J connectivity index is 2.58. The Kier molecular flexibility index (Phi) is 5.74. The molecule has 1 saturated heterocycles. The molecule has 4 heteroatoms. The molecule has 0 aliphatic carbocycles. The second-order valence-electron chi connectivity index (χ2n) is 5.06. The molecule has 17 heavy (non-hydrogen) atoms. The van der Waals surface area contributed by atoms with E-state index < -0.39 is 0 Å². The summed E-state index contributed by atoms with van der Waals surface area (Å²) < 4.78 is 5.56. The van der Waals surface area contributed by atoms with Crippen molar-refractivity contribution in [2.45, 2.75) is 58.1 Å². The van der Waals surface area contributed by atoms with Crippen LogP contribution in [0.5, 0.6) is 0 Å². The number of hydrogen-bond acceptors (Lipinski definition) is 2. The van der Waals surface area contributed by atoms with E-state index in [1.54, 1.807) is 0 Å². The number of halogens is 1. The highest BCUT2D eigenvalue weighted by Gasteiger charge is 2.35. The normalized spacial score (nSPS) is 27.8. The number of nitrogens with one attached hydrogen (secondary N) is 1. The van der Waals surface area contributed by atoms with Crippen LogP contribution in [0.1, 0.15) is 46.5 Å². The van der Waals surface area contributed by atoms with E-state index >= 15 is 0 Å². The molecule has 1 aliphatic rings. The quantitative estimate of drug-likeness (QED) is 0.747. The molecule has 0 saturated carbocycles. The van der Waals surface area contributed by atoms with Crippen LogP contribution in [0, 0.1) is 5.92 Å². The van der Waals surface area contributed by atoms with Crippen molar-refractivity contribution in [3.63, 3.8) is 0 Å². The van der Waals surface area contributed by atoms with E-state index in [-0.39, 0.29) is 23.5 Å². The predicted octanol–water partition coefficient (Wildman–Crippen LogP) is 2.72. The van der Waals surface area contributed by atoms with Crippen LogP contribution >= 0.6 is 11.6 Å². The van der Waals surface area contributed by atoms with Crippen LogP contribution in [0.3, 0.4) is 0 Å². The van der Waals surface area contributed by atoms with E-state index in [9.17, 15) is 4.79 Å². The zero-order valence-corrected chi connectivity index (χ0v) is 11.8. The summed E-state index contributed by atoms with van der Waals surface area (Å²) in [7, 11) is 0. The number of ether oxygens (including phenoxy) is 1. The van der Waals surface area contributed by atoms with Gasteiger partial charge in [-0.15, -0.1) is 11.6 Å². The SMILES string of the molecule is CCC1OCCC1C(=O)NC(C)(CC)CCCl. The Hall–Kier alpha value is -0.280. The summed E-state index contributed by atoms with van der Waals surface area (Å²) in [5.41, 5.74) is -0.181. The number of carbonyl (C=O) groups is 1. The van der Waals surface area contributed by atoms with Gasteiger partial charge in [0, 0.05) is 18.0 Å². The highest BCUT2D eigenvalue weighted by atomic mass is 35.5. The van der Waals surface area contributed by atoms with Gasteiger partial charge in [-0.25, -0.2) is 0 Å².